The predicted molar refractivity (Wildman–Crippen MR) is 109 cm³/mol. The average molecular weight is 437 g/mol. The summed E-state index contributed by atoms with van der Waals surface area (Å²) in [5, 5.41) is 0. The number of ether oxygens (including phenoxy) is 3. The number of carbonyl (C=O) groups is 1. The number of nitrogens with zero attached hydrogens (tertiary/aromatic N) is 1. The third kappa shape index (κ3) is 6.45. The van der Waals surface area contributed by atoms with E-state index in [0.29, 0.717) is 31.0 Å². The number of carbonyl (C=O) groups excluding carboxylic acids is 1. The van der Waals surface area contributed by atoms with Gasteiger partial charge < -0.3 is 19.1 Å². The molecule has 1 aliphatic rings. The van der Waals surface area contributed by atoms with E-state index in [1.54, 1.807) is 11.0 Å². The Kier molecular flexibility index (Phi) is 7.56. The summed E-state index contributed by atoms with van der Waals surface area (Å²) in [5.41, 5.74) is 1.82. The zero-order valence-corrected chi connectivity index (χ0v) is 17.6. The van der Waals surface area contributed by atoms with Crippen LogP contribution in [0, 0.1) is 13.8 Å². The number of halogens is 3. The van der Waals surface area contributed by atoms with E-state index < -0.39 is 11.7 Å². The van der Waals surface area contributed by atoms with Crippen molar-refractivity contribution < 1.29 is 32.2 Å². The van der Waals surface area contributed by atoms with E-state index in [1.165, 1.54) is 6.07 Å². The molecule has 2 aromatic rings. The second-order valence-corrected chi connectivity index (χ2v) is 7.53. The molecule has 1 unspecified atom stereocenters. The van der Waals surface area contributed by atoms with Crippen molar-refractivity contribution in [1.82, 2.24) is 4.90 Å². The van der Waals surface area contributed by atoms with Gasteiger partial charge in [0.15, 0.2) is 6.61 Å². The van der Waals surface area contributed by atoms with Crippen LogP contribution < -0.4 is 4.74 Å². The normalized spacial score (nSPS) is 16.9. The van der Waals surface area contributed by atoms with Gasteiger partial charge in [0, 0.05) is 13.1 Å². The van der Waals surface area contributed by atoms with Gasteiger partial charge in [-0.05, 0) is 48.7 Å². The van der Waals surface area contributed by atoms with Crippen LogP contribution in [0.5, 0.6) is 5.75 Å². The Labute approximate surface area is 179 Å². The van der Waals surface area contributed by atoms with E-state index in [0.717, 1.165) is 23.3 Å². The Morgan fingerprint density at radius 3 is 2.74 bits per heavy atom. The van der Waals surface area contributed by atoms with Gasteiger partial charge in [-0.25, -0.2) is 0 Å². The van der Waals surface area contributed by atoms with Gasteiger partial charge in [0.05, 0.1) is 31.5 Å². The molecule has 0 radical (unpaired) electrons. The minimum Gasteiger partial charge on any atom is -0.483 e. The molecule has 8 heteroatoms. The number of aryl methyl sites for hydroxylation is 1. The van der Waals surface area contributed by atoms with Gasteiger partial charge in [0.2, 0.25) is 0 Å². The molecule has 1 amide bonds. The molecule has 0 N–H and O–H groups in total. The number of alkyl halides is 3. The summed E-state index contributed by atoms with van der Waals surface area (Å²) in [6.07, 6.45) is -4.73. The second kappa shape index (κ2) is 10.2. The van der Waals surface area contributed by atoms with Crippen LogP contribution >= 0.6 is 0 Å². The molecule has 1 saturated heterocycles. The molecule has 31 heavy (non-hydrogen) atoms. The number of hydrogen-bond donors (Lipinski definition) is 0. The van der Waals surface area contributed by atoms with Crippen molar-refractivity contribution in [2.24, 2.45) is 0 Å². The van der Waals surface area contributed by atoms with Crippen LogP contribution in [0.1, 0.15) is 22.3 Å². The van der Waals surface area contributed by atoms with E-state index in [9.17, 15) is 18.0 Å². The zero-order valence-electron chi connectivity index (χ0n) is 17.6. The molecule has 5 nitrogen and oxygen atoms in total. The van der Waals surface area contributed by atoms with Crippen molar-refractivity contribution in [3.63, 3.8) is 0 Å². The Hall–Kier alpha value is -2.58. The van der Waals surface area contributed by atoms with Crippen LogP contribution in [-0.4, -0.2) is 49.8 Å². The maximum Gasteiger partial charge on any atom is 0.416 e. The highest BCUT2D eigenvalue weighted by Gasteiger charge is 2.30. The van der Waals surface area contributed by atoms with Crippen LogP contribution in [0.25, 0.3) is 0 Å². The average Bonchev–Trinajstić information content (AvgIpc) is 2.74. The lowest BCUT2D eigenvalue weighted by atomic mass is 10.1. The summed E-state index contributed by atoms with van der Waals surface area (Å²) in [6.45, 7) is 5.24. The summed E-state index contributed by atoms with van der Waals surface area (Å²) in [7, 11) is 0. The number of hydrogen-bond acceptors (Lipinski definition) is 4. The standard InChI is InChI=1S/C23H26F3NO4/c1-16-5-3-8-21(17(16)2)31-15-22(28)27-9-10-30-20(12-27)14-29-13-18-6-4-7-19(11-18)23(24,25)26/h3-8,11,20H,9-10,12-15H2,1-2H3. The fourth-order valence-corrected chi connectivity index (χ4v) is 3.30. The third-order valence-corrected chi connectivity index (χ3v) is 5.22. The van der Waals surface area contributed by atoms with E-state index in [4.69, 9.17) is 14.2 Å². The number of amides is 1. The van der Waals surface area contributed by atoms with Crippen molar-refractivity contribution in [2.45, 2.75) is 32.7 Å². The van der Waals surface area contributed by atoms with Gasteiger partial charge in [-0.15, -0.1) is 0 Å². The summed E-state index contributed by atoms with van der Waals surface area (Å²) in [6, 6.07) is 10.7. The smallest absolute Gasteiger partial charge is 0.416 e. The van der Waals surface area contributed by atoms with Gasteiger partial charge >= 0.3 is 6.18 Å². The summed E-state index contributed by atoms with van der Waals surface area (Å²) in [4.78, 5) is 14.2. The summed E-state index contributed by atoms with van der Waals surface area (Å²) in [5.74, 6) is 0.537. The highest BCUT2D eigenvalue weighted by molar-refractivity contribution is 5.78. The molecule has 0 saturated carbocycles. The van der Waals surface area contributed by atoms with Gasteiger partial charge in [0.1, 0.15) is 5.75 Å². The molecule has 1 fully saturated rings. The Bertz CT molecular complexity index is 901. The first kappa shape index (κ1) is 23.1. The molecule has 2 aromatic carbocycles. The van der Waals surface area contributed by atoms with Crippen LogP contribution in [-0.2, 0) is 27.1 Å². The predicted octanol–water partition coefficient (Wildman–Crippen LogP) is 4.15. The maximum absolute atomic E-state index is 12.8. The highest BCUT2D eigenvalue weighted by atomic mass is 19.4. The molecule has 0 aliphatic carbocycles. The Balaban J connectivity index is 1.46. The van der Waals surface area contributed by atoms with E-state index in [2.05, 4.69) is 0 Å². The van der Waals surface area contributed by atoms with Crippen molar-refractivity contribution in [3.8, 4) is 5.75 Å². The monoisotopic (exact) mass is 437 g/mol. The van der Waals surface area contributed by atoms with Crippen molar-refractivity contribution in [2.75, 3.05) is 32.9 Å². The second-order valence-electron chi connectivity index (χ2n) is 7.53. The first-order valence-corrected chi connectivity index (χ1v) is 10.1. The van der Waals surface area contributed by atoms with Gasteiger partial charge in [-0.3, -0.25) is 4.79 Å². The lowest BCUT2D eigenvalue weighted by Crippen LogP contribution is -2.48. The van der Waals surface area contributed by atoms with Crippen LogP contribution in [0.15, 0.2) is 42.5 Å². The Morgan fingerprint density at radius 2 is 1.97 bits per heavy atom. The number of morpholine rings is 1. The molecular formula is C23H26F3NO4. The molecule has 0 bridgehead atoms. The fourth-order valence-electron chi connectivity index (χ4n) is 3.30. The van der Waals surface area contributed by atoms with Gasteiger partial charge in [-0.1, -0.05) is 24.3 Å². The van der Waals surface area contributed by atoms with Crippen LogP contribution in [0.2, 0.25) is 0 Å². The highest BCUT2D eigenvalue weighted by Crippen LogP contribution is 2.29. The lowest BCUT2D eigenvalue weighted by Gasteiger charge is -2.32. The van der Waals surface area contributed by atoms with E-state index in [-0.39, 0.29) is 31.8 Å². The molecule has 0 aromatic heterocycles. The molecule has 168 valence electrons. The molecule has 1 heterocycles. The van der Waals surface area contributed by atoms with Gasteiger partial charge in [-0.2, -0.15) is 13.2 Å². The number of benzene rings is 2. The SMILES string of the molecule is Cc1cccc(OCC(=O)N2CCOC(COCc3cccc(C(F)(F)F)c3)C2)c1C. The topological polar surface area (TPSA) is 48.0 Å². The Morgan fingerprint density at radius 1 is 1.19 bits per heavy atom. The van der Waals surface area contributed by atoms with E-state index >= 15 is 0 Å². The summed E-state index contributed by atoms with van der Waals surface area (Å²) < 4.78 is 55.3. The minimum absolute atomic E-state index is 0.0352. The maximum atomic E-state index is 12.8. The van der Waals surface area contributed by atoms with Crippen LogP contribution in [0.4, 0.5) is 13.2 Å². The third-order valence-electron chi connectivity index (χ3n) is 5.22. The minimum atomic E-state index is -4.39. The molecule has 1 aliphatic heterocycles. The molecule has 3 rings (SSSR count). The van der Waals surface area contributed by atoms with Crippen LogP contribution in [0.3, 0.4) is 0 Å². The van der Waals surface area contributed by atoms with Gasteiger partial charge in [0.25, 0.3) is 5.91 Å². The molecule has 0 spiro atoms. The molecule has 1 atom stereocenters. The number of rotatable bonds is 7. The summed E-state index contributed by atoms with van der Waals surface area (Å²) >= 11 is 0. The fraction of sp³-hybridized carbons (Fsp3) is 0.435. The van der Waals surface area contributed by atoms with E-state index in [1.807, 2.05) is 32.0 Å². The van der Waals surface area contributed by atoms with Crippen molar-refractivity contribution >= 4 is 5.91 Å². The zero-order chi connectivity index (χ0) is 22.4. The quantitative estimate of drug-likeness (QED) is 0.653. The van der Waals surface area contributed by atoms with Crippen molar-refractivity contribution in [3.05, 3.63) is 64.7 Å². The molecular weight excluding hydrogens is 411 g/mol. The largest absolute Gasteiger partial charge is 0.483 e. The first-order chi connectivity index (χ1) is 14.7. The first-order valence-electron chi connectivity index (χ1n) is 10.1. The van der Waals surface area contributed by atoms with Crippen molar-refractivity contribution in [1.29, 1.82) is 0 Å². The lowest BCUT2D eigenvalue weighted by molar-refractivity contribution is -0.143.